The van der Waals surface area contributed by atoms with Gasteiger partial charge in [0.2, 0.25) is 11.1 Å². The summed E-state index contributed by atoms with van der Waals surface area (Å²) >= 11 is 5.80. The molecule has 1 amide bonds. The largest absolute Gasteiger partial charge is 0.354 e. The molecule has 0 spiro atoms. The highest BCUT2D eigenvalue weighted by Crippen LogP contribution is 2.20. The first-order valence-electron chi connectivity index (χ1n) is 5.46. The van der Waals surface area contributed by atoms with Gasteiger partial charge in [-0.25, -0.2) is 0 Å². The molecule has 0 fully saturated rings. The number of nitrogens with two attached hydrogens (primary N) is 1. The third-order valence-corrected chi connectivity index (χ3v) is 2.58. The second-order valence-corrected chi connectivity index (χ2v) is 5.13. The van der Waals surface area contributed by atoms with Crippen molar-refractivity contribution in [1.82, 2.24) is 10.5 Å². The maximum atomic E-state index is 11.5. The normalized spacial score (nSPS) is 11.6. The fourth-order valence-electron chi connectivity index (χ4n) is 1.29. The molecule has 0 aliphatic carbocycles. The first-order chi connectivity index (χ1) is 7.79. The smallest absolute Gasteiger partial charge is 0.229 e. The fraction of sp³-hybridized carbons (Fsp3) is 0.636. The van der Waals surface area contributed by atoms with Crippen molar-refractivity contribution in [1.29, 1.82) is 0 Å². The van der Waals surface area contributed by atoms with Crippen LogP contribution in [0.1, 0.15) is 31.5 Å². The van der Waals surface area contributed by atoms with E-state index >= 15 is 0 Å². The number of hydrogen-bond acceptors (Lipinski definition) is 4. The molecular formula is C11H18ClN3O2. The Morgan fingerprint density at radius 2 is 2.24 bits per heavy atom. The number of amides is 1. The van der Waals surface area contributed by atoms with Gasteiger partial charge in [-0.3, -0.25) is 4.79 Å². The van der Waals surface area contributed by atoms with Crippen LogP contribution in [-0.4, -0.2) is 23.1 Å². The molecule has 0 atom stereocenters. The van der Waals surface area contributed by atoms with Gasteiger partial charge in [0.15, 0.2) is 0 Å². The first kappa shape index (κ1) is 14.0. The standard InChI is InChI=1S/C11H18ClN3O2/c1-7-8(10(12)17-15-7)4-5-9(16)14-6-11(2,3)13/h4-6,13H2,1-3H3,(H,14,16). The lowest BCUT2D eigenvalue weighted by Crippen LogP contribution is -2.45. The summed E-state index contributed by atoms with van der Waals surface area (Å²) in [6.45, 7) is 5.95. The number of aryl methyl sites for hydroxylation is 1. The predicted molar refractivity (Wildman–Crippen MR) is 65.8 cm³/mol. The van der Waals surface area contributed by atoms with Gasteiger partial charge in [-0.1, -0.05) is 5.16 Å². The zero-order valence-electron chi connectivity index (χ0n) is 10.3. The van der Waals surface area contributed by atoms with Gasteiger partial charge in [0.1, 0.15) is 0 Å². The summed E-state index contributed by atoms with van der Waals surface area (Å²) in [5.41, 5.74) is 6.87. The molecule has 0 unspecified atom stereocenters. The zero-order valence-corrected chi connectivity index (χ0v) is 11.1. The van der Waals surface area contributed by atoms with E-state index in [1.807, 2.05) is 13.8 Å². The number of carbonyl (C=O) groups is 1. The van der Waals surface area contributed by atoms with E-state index in [0.29, 0.717) is 19.4 Å². The lowest BCUT2D eigenvalue weighted by molar-refractivity contribution is -0.121. The van der Waals surface area contributed by atoms with Crippen molar-refractivity contribution in [2.75, 3.05) is 6.54 Å². The fourth-order valence-corrected chi connectivity index (χ4v) is 1.56. The van der Waals surface area contributed by atoms with Gasteiger partial charge in [-0.2, -0.15) is 0 Å². The van der Waals surface area contributed by atoms with Crippen LogP contribution in [0.4, 0.5) is 0 Å². The number of carbonyl (C=O) groups excluding carboxylic acids is 1. The van der Waals surface area contributed by atoms with Gasteiger partial charge >= 0.3 is 0 Å². The molecule has 0 aliphatic heterocycles. The third-order valence-electron chi connectivity index (χ3n) is 2.28. The van der Waals surface area contributed by atoms with E-state index in [-0.39, 0.29) is 11.1 Å². The SMILES string of the molecule is Cc1noc(Cl)c1CCC(=O)NCC(C)(C)N. The summed E-state index contributed by atoms with van der Waals surface area (Å²) in [7, 11) is 0. The molecule has 6 heteroatoms. The minimum Gasteiger partial charge on any atom is -0.354 e. The number of hydrogen-bond donors (Lipinski definition) is 2. The highest BCUT2D eigenvalue weighted by atomic mass is 35.5. The molecular weight excluding hydrogens is 242 g/mol. The van der Waals surface area contributed by atoms with Crippen LogP contribution in [0.5, 0.6) is 0 Å². The highest BCUT2D eigenvalue weighted by Gasteiger charge is 2.15. The van der Waals surface area contributed by atoms with Crippen molar-refractivity contribution in [3.8, 4) is 0 Å². The maximum Gasteiger partial charge on any atom is 0.229 e. The van der Waals surface area contributed by atoms with Crippen LogP contribution in [-0.2, 0) is 11.2 Å². The van der Waals surface area contributed by atoms with Crippen LogP contribution < -0.4 is 11.1 Å². The monoisotopic (exact) mass is 259 g/mol. The maximum absolute atomic E-state index is 11.5. The second kappa shape index (κ2) is 5.51. The van der Waals surface area contributed by atoms with E-state index in [2.05, 4.69) is 10.5 Å². The molecule has 0 aromatic carbocycles. The summed E-state index contributed by atoms with van der Waals surface area (Å²) in [6, 6.07) is 0. The number of nitrogens with zero attached hydrogens (tertiary/aromatic N) is 1. The van der Waals surface area contributed by atoms with Gasteiger partial charge in [-0.15, -0.1) is 0 Å². The predicted octanol–water partition coefficient (Wildman–Crippen LogP) is 1.42. The van der Waals surface area contributed by atoms with Crippen molar-refractivity contribution in [3.63, 3.8) is 0 Å². The summed E-state index contributed by atoms with van der Waals surface area (Å²) in [5.74, 6) is -0.0554. The molecule has 3 N–H and O–H groups in total. The Morgan fingerprint density at radius 1 is 1.59 bits per heavy atom. The van der Waals surface area contributed by atoms with Crippen molar-refractivity contribution < 1.29 is 9.32 Å². The van der Waals surface area contributed by atoms with E-state index < -0.39 is 5.54 Å². The Hall–Kier alpha value is -1.07. The van der Waals surface area contributed by atoms with Crippen LogP contribution in [0, 0.1) is 6.92 Å². The number of aromatic nitrogens is 1. The molecule has 0 bridgehead atoms. The van der Waals surface area contributed by atoms with Crippen molar-refractivity contribution in [2.45, 2.75) is 39.2 Å². The average Bonchev–Trinajstić information content (AvgIpc) is 2.52. The summed E-state index contributed by atoms with van der Waals surface area (Å²) < 4.78 is 4.81. The molecule has 0 radical (unpaired) electrons. The van der Waals surface area contributed by atoms with Crippen LogP contribution in [0.15, 0.2) is 4.52 Å². The number of nitrogens with one attached hydrogen (secondary N) is 1. The second-order valence-electron chi connectivity index (χ2n) is 4.79. The van der Waals surface area contributed by atoms with Gasteiger partial charge in [-0.05, 0) is 38.8 Å². The molecule has 0 saturated carbocycles. The topological polar surface area (TPSA) is 81.2 Å². The molecule has 5 nitrogen and oxygen atoms in total. The molecule has 1 heterocycles. The lowest BCUT2D eigenvalue weighted by atomic mass is 10.1. The minimum atomic E-state index is -0.402. The van der Waals surface area contributed by atoms with Crippen LogP contribution >= 0.6 is 11.6 Å². The molecule has 17 heavy (non-hydrogen) atoms. The quantitative estimate of drug-likeness (QED) is 0.838. The number of halogens is 1. The zero-order chi connectivity index (χ0) is 13.1. The lowest BCUT2D eigenvalue weighted by Gasteiger charge is -2.18. The Bertz CT molecular complexity index is 376. The van der Waals surface area contributed by atoms with E-state index in [4.69, 9.17) is 21.9 Å². The minimum absolute atomic E-state index is 0.0554. The van der Waals surface area contributed by atoms with Gasteiger partial charge < -0.3 is 15.6 Å². The first-order valence-corrected chi connectivity index (χ1v) is 5.83. The summed E-state index contributed by atoms with van der Waals surface area (Å²) in [5, 5.41) is 6.75. The molecule has 1 aromatic rings. The number of rotatable bonds is 5. The molecule has 0 saturated heterocycles. The third kappa shape index (κ3) is 4.75. The molecule has 1 rings (SSSR count). The molecule has 1 aromatic heterocycles. The van der Waals surface area contributed by atoms with Crippen molar-refractivity contribution in [3.05, 3.63) is 16.5 Å². The highest BCUT2D eigenvalue weighted by molar-refractivity contribution is 6.29. The van der Waals surface area contributed by atoms with Crippen LogP contribution in [0.3, 0.4) is 0 Å². The Labute approximate surface area is 106 Å². The van der Waals surface area contributed by atoms with Crippen LogP contribution in [0.2, 0.25) is 5.22 Å². The van der Waals surface area contributed by atoms with E-state index in [9.17, 15) is 4.79 Å². The Kier molecular flexibility index (Phi) is 4.54. The molecule has 0 aliphatic rings. The Morgan fingerprint density at radius 3 is 2.71 bits per heavy atom. The molecule has 96 valence electrons. The van der Waals surface area contributed by atoms with Gasteiger partial charge in [0.05, 0.1) is 5.69 Å². The Balaban J connectivity index is 2.39. The van der Waals surface area contributed by atoms with E-state index in [1.54, 1.807) is 6.92 Å². The van der Waals surface area contributed by atoms with Gasteiger partial charge in [0.25, 0.3) is 0 Å². The average molecular weight is 260 g/mol. The van der Waals surface area contributed by atoms with Crippen LogP contribution in [0.25, 0.3) is 0 Å². The van der Waals surface area contributed by atoms with E-state index in [0.717, 1.165) is 11.3 Å². The van der Waals surface area contributed by atoms with Gasteiger partial charge in [0, 0.05) is 24.1 Å². The van der Waals surface area contributed by atoms with E-state index in [1.165, 1.54) is 0 Å². The van der Waals surface area contributed by atoms with Crippen molar-refractivity contribution in [2.24, 2.45) is 5.73 Å². The summed E-state index contributed by atoms with van der Waals surface area (Å²) in [6.07, 6.45) is 0.864. The van der Waals surface area contributed by atoms with Crippen molar-refractivity contribution >= 4 is 17.5 Å². The summed E-state index contributed by atoms with van der Waals surface area (Å²) in [4.78, 5) is 11.5.